The third-order valence-electron chi connectivity index (χ3n) is 9.40. The van der Waals surface area contributed by atoms with Crippen molar-refractivity contribution in [3.8, 4) is 0 Å². The molecule has 2 N–H and O–H groups in total. The smallest absolute Gasteiger partial charge is 0.320 e. The number of cyclic esters (lactones) is 1. The minimum Gasteiger partial charge on any atom is -0.455 e. The van der Waals surface area contributed by atoms with E-state index in [1.807, 2.05) is 39.8 Å². The van der Waals surface area contributed by atoms with Gasteiger partial charge in [0.25, 0.3) is 0 Å². The summed E-state index contributed by atoms with van der Waals surface area (Å²) in [7, 11) is 3.78. The van der Waals surface area contributed by atoms with E-state index in [1.165, 1.54) is 0 Å². The Kier molecular flexibility index (Phi) is 8.97. The van der Waals surface area contributed by atoms with E-state index in [9.17, 15) is 24.6 Å². The number of fused-ring (bicyclic) bond motifs is 1. The van der Waals surface area contributed by atoms with E-state index in [-0.39, 0.29) is 42.0 Å². The Morgan fingerprint density at radius 1 is 1.11 bits per heavy atom. The summed E-state index contributed by atoms with van der Waals surface area (Å²) in [6, 6.07) is -0.182. The molecule has 37 heavy (non-hydrogen) atoms. The Morgan fingerprint density at radius 3 is 2.30 bits per heavy atom. The van der Waals surface area contributed by atoms with Crippen molar-refractivity contribution >= 4 is 17.5 Å². The molecule has 0 spiro atoms. The lowest BCUT2D eigenvalue weighted by Gasteiger charge is -2.45. The van der Waals surface area contributed by atoms with Gasteiger partial charge in [0.15, 0.2) is 12.1 Å². The fraction of sp³-hybridized carbons (Fsp3) is 0.893. The topological polar surface area (TPSA) is 123 Å². The van der Waals surface area contributed by atoms with Crippen LogP contribution in [0.3, 0.4) is 0 Å². The molecule has 3 fully saturated rings. The van der Waals surface area contributed by atoms with Crippen LogP contribution >= 0.6 is 0 Å². The van der Waals surface area contributed by atoms with Crippen LogP contribution in [0.2, 0.25) is 0 Å². The summed E-state index contributed by atoms with van der Waals surface area (Å²) >= 11 is 0. The van der Waals surface area contributed by atoms with E-state index >= 15 is 0 Å². The lowest BCUT2D eigenvalue weighted by molar-refractivity contribution is -0.278. The largest absolute Gasteiger partial charge is 0.455 e. The summed E-state index contributed by atoms with van der Waals surface area (Å²) in [4.78, 5) is 42.9. The Balaban J connectivity index is 2.03. The van der Waals surface area contributed by atoms with Gasteiger partial charge in [0.2, 0.25) is 0 Å². The third kappa shape index (κ3) is 5.26. The van der Waals surface area contributed by atoms with Crippen LogP contribution < -0.4 is 0 Å². The molecule has 9 heteroatoms. The number of hydrogen-bond donors (Lipinski definition) is 2. The maximum Gasteiger partial charge on any atom is 0.320 e. The SMILES string of the molecule is CC[C@H](O)[C@]1(C)OC(=O)[C@]2(C)C(=O)[C@H](C)[C@H](O[C@@H]3O[C@H](C)C[C@H](N(C)C)[C@@H]3O)[C@H](C)C[C@H](C)C(=O)C[C@@H]21. The second-order valence-electron chi connectivity index (χ2n) is 12.4. The molecule has 3 aliphatic rings. The van der Waals surface area contributed by atoms with Crippen LogP contribution in [0.5, 0.6) is 0 Å². The van der Waals surface area contributed by atoms with Crippen LogP contribution in [0.25, 0.3) is 0 Å². The minimum atomic E-state index is -1.62. The zero-order valence-corrected chi connectivity index (χ0v) is 23.9. The van der Waals surface area contributed by atoms with Crippen molar-refractivity contribution < 1.29 is 38.8 Å². The van der Waals surface area contributed by atoms with Crippen molar-refractivity contribution in [3.05, 3.63) is 0 Å². The average molecular weight is 526 g/mol. The van der Waals surface area contributed by atoms with Gasteiger partial charge in [-0.1, -0.05) is 27.7 Å². The molecule has 0 unspecified atom stereocenters. The molecule has 1 aliphatic carbocycles. The predicted octanol–water partition coefficient (Wildman–Crippen LogP) is 2.35. The van der Waals surface area contributed by atoms with Crippen molar-refractivity contribution in [1.82, 2.24) is 4.90 Å². The van der Waals surface area contributed by atoms with Gasteiger partial charge in [-0.3, -0.25) is 14.4 Å². The summed E-state index contributed by atoms with van der Waals surface area (Å²) in [6.45, 7) is 12.4. The van der Waals surface area contributed by atoms with E-state index in [0.717, 1.165) is 0 Å². The highest BCUT2D eigenvalue weighted by atomic mass is 16.7. The summed E-state index contributed by atoms with van der Waals surface area (Å²) in [5.74, 6) is -3.31. The van der Waals surface area contributed by atoms with Crippen molar-refractivity contribution in [3.63, 3.8) is 0 Å². The van der Waals surface area contributed by atoms with Crippen LogP contribution in [0.4, 0.5) is 0 Å². The maximum absolute atomic E-state index is 14.2. The average Bonchev–Trinajstić information content (AvgIpc) is 3.03. The van der Waals surface area contributed by atoms with Crippen molar-refractivity contribution in [2.45, 2.75) is 116 Å². The van der Waals surface area contributed by atoms with Crippen LogP contribution in [-0.2, 0) is 28.6 Å². The first-order chi connectivity index (χ1) is 17.1. The highest BCUT2D eigenvalue weighted by Gasteiger charge is 2.67. The molecule has 9 nitrogen and oxygen atoms in total. The summed E-state index contributed by atoms with van der Waals surface area (Å²) in [5, 5.41) is 21.9. The Bertz CT molecular complexity index is 878. The number of carbonyl (C=O) groups is 3. The van der Waals surface area contributed by atoms with Gasteiger partial charge in [0.05, 0.1) is 18.3 Å². The number of aliphatic hydroxyl groups is 2. The van der Waals surface area contributed by atoms with E-state index in [1.54, 1.807) is 27.7 Å². The molecule has 0 aromatic carbocycles. The fourth-order valence-electron chi connectivity index (χ4n) is 6.88. The van der Waals surface area contributed by atoms with Gasteiger partial charge in [-0.2, -0.15) is 0 Å². The monoisotopic (exact) mass is 525 g/mol. The zero-order chi connectivity index (χ0) is 28.0. The predicted molar refractivity (Wildman–Crippen MR) is 136 cm³/mol. The van der Waals surface area contributed by atoms with Crippen LogP contribution in [0.15, 0.2) is 0 Å². The Morgan fingerprint density at radius 2 is 1.73 bits per heavy atom. The highest BCUT2D eigenvalue weighted by Crippen LogP contribution is 2.53. The number of likely N-dealkylation sites (N-methyl/N-ethyl adjacent to an activating group) is 1. The number of ether oxygens (including phenoxy) is 3. The van der Waals surface area contributed by atoms with Gasteiger partial charge in [-0.15, -0.1) is 0 Å². The third-order valence-corrected chi connectivity index (χ3v) is 9.40. The molecular weight excluding hydrogens is 478 g/mol. The molecule has 2 heterocycles. The molecule has 2 aliphatic heterocycles. The quantitative estimate of drug-likeness (QED) is 0.411. The number of esters is 1. The number of aliphatic hydroxyl groups excluding tert-OH is 2. The number of ketones is 2. The van der Waals surface area contributed by atoms with E-state index in [2.05, 4.69) is 0 Å². The van der Waals surface area contributed by atoms with Gasteiger partial charge < -0.3 is 29.3 Å². The first-order valence-corrected chi connectivity index (χ1v) is 13.7. The van der Waals surface area contributed by atoms with Gasteiger partial charge >= 0.3 is 5.97 Å². The lowest BCUT2D eigenvalue weighted by atomic mass is 9.61. The minimum absolute atomic E-state index is 0.0276. The van der Waals surface area contributed by atoms with E-state index < -0.39 is 53.4 Å². The first kappa shape index (κ1) is 30.2. The normalized spacial score (nSPS) is 46.5. The number of rotatable bonds is 5. The molecule has 3 rings (SSSR count). The van der Waals surface area contributed by atoms with Crippen LogP contribution in [0, 0.1) is 29.1 Å². The van der Waals surface area contributed by atoms with Crippen molar-refractivity contribution in [2.75, 3.05) is 14.1 Å². The van der Waals surface area contributed by atoms with Gasteiger partial charge in [-0.05, 0) is 60.0 Å². The number of nitrogens with zero attached hydrogens (tertiary/aromatic N) is 1. The molecular formula is C28H47NO8. The molecule has 0 aromatic rings. The Labute approximate surface area is 221 Å². The van der Waals surface area contributed by atoms with E-state index in [0.29, 0.717) is 19.3 Å². The molecule has 0 bridgehead atoms. The molecule has 12 atom stereocenters. The zero-order valence-electron chi connectivity index (χ0n) is 23.9. The lowest BCUT2D eigenvalue weighted by Crippen LogP contribution is -2.57. The second kappa shape index (κ2) is 11.0. The molecule has 0 aromatic heterocycles. The van der Waals surface area contributed by atoms with Crippen LogP contribution in [-0.4, -0.2) is 89.1 Å². The van der Waals surface area contributed by atoms with Gasteiger partial charge in [0, 0.05) is 30.2 Å². The van der Waals surface area contributed by atoms with Gasteiger partial charge in [-0.25, -0.2) is 0 Å². The first-order valence-electron chi connectivity index (χ1n) is 13.7. The highest BCUT2D eigenvalue weighted by molar-refractivity contribution is 6.07. The van der Waals surface area contributed by atoms with E-state index in [4.69, 9.17) is 14.2 Å². The number of Topliss-reactive ketones (excluding diaryl/α,β-unsaturated/α-hetero) is 2. The second-order valence-corrected chi connectivity index (χ2v) is 12.4. The fourth-order valence-corrected chi connectivity index (χ4v) is 6.88. The number of carbonyl (C=O) groups excluding carboxylic acids is 3. The molecule has 0 radical (unpaired) electrons. The summed E-state index contributed by atoms with van der Waals surface area (Å²) in [6.07, 6.45) is -2.38. The molecule has 2 saturated heterocycles. The summed E-state index contributed by atoms with van der Waals surface area (Å²) in [5.41, 5.74) is -2.98. The Hall–Kier alpha value is -1.39. The van der Waals surface area contributed by atoms with Gasteiger partial charge in [0.1, 0.15) is 22.9 Å². The van der Waals surface area contributed by atoms with Crippen LogP contribution in [0.1, 0.15) is 74.1 Å². The van der Waals surface area contributed by atoms with Crippen molar-refractivity contribution in [1.29, 1.82) is 0 Å². The van der Waals surface area contributed by atoms with Crippen molar-refractivity contribution in [2.24, 2.45) is 29.1 Å². The standard InChI is InChI=1S/C28H47NO8/c1-10-21(31)28(7)20-13-19(30)14(2)11-15(3)23(17(5)24(33)27(20,6)26(34)37-28)36-25-22(32)18(29(8)9)12-16(4)35-25/h14-18,20-23,25,31-32H,10-13H2,1-9H3/t14-,15+,16+,17+,18-,20-,21-,22-,23+,25-,27-,28+/m0/s1. The molecule has 0 amide bonds. The molecule has 1 saturated carbocycles. The maximum atomic E-state index is 14.2. The number of hydrogen-bond acceptors (Lipinski definition) is 9. The summed E-state index contributed by atoms with van der Waals surface area (Å²) < 4.78 is 18.2. The molecule has 212 valence electrons.